The van der Waals surface area contributed by atoms with Gasteiger partial charge >= 0.3 is 0 Å². The van der Waals surface area contributed by atoms with E-state index in [4.69, 9.17) is 18.9 Å². The van der Waals surface area contributed by atoms with Crippen molar-refractivity contribution in [2.45, 2.75) is 192 Å². The van der Waals surface area contributed by atoms with Crippen molar-refractivity contribution in [1.29, 1.82) is 0 Å². The highest BCUT2D eigenvalue weighted by atomic mass is 16.8. The quantitative estimate of drug-likeness (QED) is 0.145. The predicted molar refractivity (Wildman–Crippen MR) is 201 cm³/mol. The van der Waals surface area contributed by atoms with Crippen LogP contribution in [0.3, 0.4) is 0 Å². The lowest BCUT2D eigenvalue weighted by atomic mass is 9.34. The van der Waals surface area contributed by atoms with Gasteiger partial charge in [-0.15, -0.1) is 0 Å². The second-order valence-corrected chi connectivity index (χ2v) is 19.9. The summed E-state index contributed by atoms with van der Waals surface area (Å²) >= 11 is 0. The van der Waals surface area contributed by atoms with Crippen LogP contribution in [0.15, 0.2) is 11.6 Å². The lowest BCUT2D eigenvalue weighted by Gasteiger charge is -2.71. The molecule has 6 aliphatic rings. The molecule has 0 bridgehead atoms. The van der Waals surface area contributed by atoms with E-state index >= 15 is 0 Å². The summed E-state index contributed by atoms with van der Waals surface area (Å²) in [5.74, 6) is 0.522. The summed E-state index contributed by atoms with van der Waals surface area (Å²) in [5.41, 5.74) is -1.16. The lowest BCUT2D eigenvalue weighted by molar-refractivity contribution is -0.379. The van der Waals surface area contributed by atoms with Gasteiger partial charge in [0, 0.05) is 5.41 Å². The molecular formula is C42H72O13. The summed E-state index contributed by atoms with van der Waals surface area (Å²) in [6.07, 6.45) is -6.42. The Hall–Kier alpha value is -0.780. The van der Waals surface area contributed by atoms with Gasteiger partial charge in [0.1, 0.15) is 42.7 Å². The molecule has 2 heterocycles. The molecule has 6 rings (SSSR count). The number of hydrogen-bond donors (Lipinski definition) is 9. The van der Waals surface area contributed by atoms with Crippen molar-refractivity contribution in [2.75, 3.05) is 13.2 Å². The first kappa shape index (κ1) is 43.8. The fourth-order valence-electron chi connectivity index (χ4n) is 13.3. The zero-order chi connectivity index (χ0) is 40.6. The van der Waals surface area contributed by atoms with E-state index in [1.165, 1.54) is 6.92 Å². The minimum Gasteiger partial charge on any atom is -0.394 e. The zero-order valence-electron chi connectivity index (χ0n) is 34.3. The van der Waals surface area contributed by atoms with Crippen LogP contribution < -0.4 is 0 Å². The van der Waals surface area contributed by atoms with E-state index in [0.29, 0.717) is 19.3 Å². The SMILES string of the molecule is C/C(=C/CC[C@](C)(O[C@@H]1O[C@H](CO)[C@@H](O)[C@H](O)[C@H]1O[C@@H]1O[C@@H](C)[C@H](O)[C@@H](O)[C@H]1O)[C@H]1CC[C@]2(C)[C@@H]1CC[C@@H]1[C@@]3(C)CC[C@H](O)C(C)(C)[C@@H]3C[C@H](O)[C@]12C)CO. The molecule has 0 unspecified atom stereocenters. The summed E-state index contributed by atoms with van der Waals surface area (Å²) in [6.45, 7) is 16.1. The van der Waals surface area contributed by atoms with Crippen molar-refractivity contribution in [2.24, 2.45) is 45.3 Å². The largest absolute Gasteiger partial charge is 0.394 e. The molecule has 0 aromatic carbocycles. The third-order valence-electron chi connectivity index (χ3n) is 16.9. The Kier molecular flexibility index (Phi) is 12.5. The molecule has 0 aromatic heterocycles. The summed E-state index contributed by atoms with van der Waals surface area (Å²) < 4.78 is 25.1. The predicted octanol–water partition coefficient (Wildman–Crippen LogP) is 2.15. The summed E-state index contributed by atoms with van der Waals surface area (Å²) in [7, 11) is 0. The highest BCUT2D eigenvalue weighted by molar-refractivity contribution is 5.21. The molecule has 6 fully saturated rings. The normalized spacial score (nSPS) is 52.5. The van der Waals surface area contributed by atoms with Crippen molar-refractivity contribution in [3.05, 3.63) is 11.6 Å². The van der Waals surface area contributed by atoms with Crippen LogP contribution in [0.5, 0.6) is 0 Å². The highest BCUT2D eigenvalue weighted by Gasteiger charge is 2.72. The Morgan fingerprint density at radius 3 is 2.13 bits per heavy atom. The molecule has 13 heteroatoms. The molecule has 20 atom stereocenters. The summed E-state index contributed by atoms with van der Waals surface area (Å²) in [6, 6.07) is 0. The van der Waals surface area contributed by atoms with Gasteiger partial charge in [-0.05, 0) is 118 Å². The third kappa shape index (κ3) is 7.00. The molecule has 9 N–H and O–H groups in total. The van der Waals surface area contributed by atoms with E-state index in [-0.39, 0.29) is 46.5 Å². The molecule has 4 aliphatic carbocycles. The third-order valence-corrected chi connectivity index (χ3v) is 16.9. The fraction of sp³-hybridized carbons (Fsp3) is 0.952. The number of ether oxygens (including phenoxy) is 4. The monoisotopic (exact) mass is 784 g/mol. The van der Waals surface area contributed by atoms with Crippen LogP contribution in [0.2, 0.25) is 0 Å². The van der Waals surface area contributed by atoms with E-state index in [1.807, 2.05) is 19.9 Å². The van der Waals surface area contributed by atoms with Gasteiger partial charge in [-0.2, -0.15) is 0 Å². The van der Waals surface area contributed by atoms with Crippen LogP contribution in [0.25, 0.3) is 0 Å². The minimum absolute atomic E-state index is 0.0428. The van der Waals surface area contributed by atoms with Crippen molar-refractivity contribution in [3.8, 4) is 0 Å². The molecule has 0 aromatic rings. The first-order chi connectivity index (χ1) is 25.6. The molecule has 318 valence electrons. The molecule has 2 saturated heterocycles. The van der Waals surface area contributed by atoms with Crippen molar-refractivity contribution in [3.63, 3.8) is 0 Å². The highest BCUT2D eigenvalue weighted by Crippen LogP contribution is 2.76. The van der Waals surface area contributed by atoms with E-state index < -0.39 is 91.2 Å². The van der Waals surface area contributed by atoms with Gasteiger partial charge in [-0.25, -0.2) is 0 Å². The first-order valence-electron chi connectivity index (χ1n) is 20.9. The number of rotatable bonds is 10. The molecular weight excluding hydrogens is 712 g/mol. The van der Waals surface area contributed by atoms with Crippen LogP contribution in [0.1, 0.15) is 113 Å². The smallest absolute Gasteiger partial charge is 0.187 e. The molecule has 55 heavy (non-hydrogen) atoms. The Bertz CT molecular complexity index is 1380. The molecule has 0 amide bonds. The van der Waals surface area contributed by atoms with Gasteiger partial charge in [0.15, 0.2) is 12.6 Å². The second kappa shape index (κ2) is 15.7. The lowest BCUT2D eigenvalue weighted by Crippen LogP contribution is -2.69. The topological polar surface area (TPSA) is 219 Å². The van der Waals surface area contributed by atoms with Crippen LogP contribution in [-0.4, -0.2) is 138 Å². The summed E-state index contributed by atoms with van der Waals surface area (Å²) in [5, 5.41) is 97.6. The van der Waals surface area contributed by atoms with E-state index in [0.717, 1.165) is 44.1 Å². The van der Waals surface area contributed by atoms with Crippen LogP contribution in [0, 0.1) is 45.3 Å². The molecule has 0 spiro atoms. The minimum atomic E-state index is -1.68. The average Bonchev–Trinajstić information content (AvgIpc) is 3.51. The van der Waals surface area contributed by atoms with Gasteiger partial charge in [0.05, 0.1) is 37.1 Å². The maximum Gasteiger partial charge on any atom is 0.187 e. The average molecular weight is 785 g/mol. The first-order valence-corrected chi connectivity index (χ1v) is 20.9. The van der Waals surface area contributed by atoms with Crippen molar-refractivity contribution >= 4 is 0 Å². The van der Waals surface area contributed by atoms with Gasteiger partial charge in [0.2, 0.25) is 0 Å². The Labute approximate surface area is 327 Å². The number of fused-ring (bicyclic) bond motifs is 5. The Morgan fingerprint density at radius 1 is 0.782 bits per heavy atom. The Balaban J connectivity index is 1.34. The summed E-state index contributed by atoms with van der Waals surface area (Å²) in [4.78, 5) is 0. The molecule has 4 saturated carbocycles. The van der Waals surface area contributed by atoms with Gasteiger partial charge < -0.3 is 64.9 Å². The van der Waals surface area contributed by atoms with Crippen molar-refractivity contribution in [1.82, 2.24) is 0 Å². The fourth-order valence-corrected chi connectivity index (χ4v) is 13.3. The zero-order valence-corrected chi connectivity index (χ0v) is 34.3. The van der Waals surface area contributed by atoms with Gasteiger partial charge in [-0.1, -0.05) is 46.3 Å². The molecule has 13 nitrogen and oxygen atoms in total. The maximum atomic E-state index is 12.4. The number of hydrogen-bond acceptors (Lipinski definition) is 13. The maximum absolute atomic E-state index is 12.4. The van der Waals surface area contributed by atoms with Crippen LogP contribution in [0.4, 0.5) is 0 Å². The number of aliphatic hydroxyl groups excluding tert-OH is 9. The molecule has 0 radical (unpaired) electrons. The number of allylic oxidation sites excluding steroid dienone is 1. The van der Waals surface area contributed by atoms with E-state index in [2.05, 4.69) is 34.6 Å². The Morgan fingerprint density at radius 2 is 1.47 bits per heavy atom. The van der Waals surface area contributed by atoms with Gasteiger partial charge in [0.25, 0.3) is 0 Å². The van der Waals surface area contributed by atoms with Crippen LogP contribution >= 0.6 is 0 Å². The second-order valence-electron chi connectivity index (χ2n) is 19.9. The van der Waals surface area contributed by atoms with E-state index in [1.54, 1.807) is 0 Å². The van der Waals surface area contributed by atoms with Crippen LogP contribution in [-0.2, 0) is 18.9 Å². The van der Waals surface area contributed by atoms with E-state index in [9.17, 15) is 46.0 Å². The standard InChI is InChI=1S/C42H72O13/c1-21(19-43)10-9-15-41(7,55-37-35(33(50)31(48)25(20-44)53-37)54-36-34(51)32(49)30(47)22(2)52-36)24-13-17-40(6)23(24)11-12-26-39(5)16-14-28(45)38(3,4)27(39)18-29(46)42(26,40)8/h10,22-37,43-51H,9,11-20H2,1-8H3/b21-10-/t22-,23+,24-,25+,26+,27-,28-,29-,30-,31+,32+,33-,34+,35+,36-,37-,39+,40+,41-,42-/m0/s1. The van der Waals surface area contributed by atoms with Crippen molar-refractivity contribution < 1.29 is 64.9 Å². The van der Waals surface area contributed by atoms with Gasteiger partial charge in [-0.3, -0.25) is 0 Å². The number of aliphatic hydroxyl groups is 9. The molecule has 2 aliphatic heterocycles.